The van der Waals surface area contributed by atoms with Gasteiger partial charge in [0.05, 0.1) is 11.4 Å². The van der Waals surface area contributed by atoms with E-state index in [-0.39, 0.29) is 5.92 Å². The summed E-state index contributed by atoms with van der Waals surface area (Å²) in [6.07, 6.45) is 1.77. The number of hydrogen-bond acceptors (Lipinski definition) is 3. The van der Waals surface area contributed by atoms with Crippen LogP contribution in [0.5, 0.6) is 0 Å². The topological polar surface area (TPSA) is 43.6 Å². The molecule has 0 amide bonds. The van der Waals surface area contributed by atoms with Gasteiger partial charge >= 0.3 is 0 Å². The van der Waals surface area contributed by atoms with Crippen molar-refractivity contribution >= 4 is 11.6 Å². The Balaban J connectivity index is 2.52. The molecule has 17 heavy (non-hydrogen) atoms. The zero-order valence-corrected chi connectivity index (χ0v) is 10.9. The molecular formula is C12H15ClN4. The molecule has 0 aliphatic rings. The number of rotatable bonds is 3. The maximum Gasteiger partial charge on any atom is 0.133 e. The lowest BCUT2D eigenvalue weighted by atomic mass is 10.2. The number of aryl methyl sites for hydroxylation is 1. The molecule has 2 aromatic heterocycles. The van der Waals surface area contributed by atoms with Crippen LogP contribution in [0, 0.1) is 0 Å². The van der Waals surface area contributed by atoms with Crippen LogP contribution in [0.2, 0.25) is 5.15 Å². The van der Waals surface area contributed by atoms with E-state index in [4.69, 9.17) is 11.6 Å². The fourth-order valence-corrected chi connectivity index (χ4v) is 1.82. The molecule has 2 aromatic rings. The minimum absolute atomic E-state index is 0.255. The van der Waals surface area contributed by atoms with Crippen LogP contribution in [0.4, 0.5) is 0 Å². The normalized spacial score (nSPS) is 11.1. The van der Waals surface area contributed by atoms with Crippen LogP contribution in [0.1, 0.15) is 32.5 Å². The van der Waals surface area contributed by atoms with Gasteiger partial charge in [-0.25, -0.2) is 9.97 Å². The number of halogens is 1. The molecule has 5 heteroatoms. The van der Waals surface area contributed by atoms with Crippen LogP contribution < -0.4 is 0 Å². The van der Waals surface area contributed by atoms with E-state index in [1.807, 2.05) is 31.5 Å². The highest BCUT2D eigenvalue weighted by atomic mass is 35.5. The first-order chi connectivity index (χ1) is 8.11. The summed E-state index contributed by atoms with van der Waals surface area (Å²) in [5, 5.41) is 4.70. The second-order valence-corrected chi connectivity index (χ2v) is 4.51. The Hall–Kier alpha value is -1.42. The molecular weight excluding hydrogens is 236 g/mol. The summed E-state index contributed by atoms with van der Waals surface area (Å²) < 4.78 is 1.89. The van der Waals surface area contributed by atoms with Gasteiger partial charge < -0.3 is 0 Å². The molecule has 0 bridgehead atoms. The van der Waals surface area contributed by atoms with Gasteiger partial charge in [-0.1, -0.05) is 25.4 Å². The molecule has 0 radical (unpaired) electrons. The second-order valence-electron chi connectivity index (χ2n) is 4.12. The highest BCUT2D eigenvalue weighted by Gasteiger charge is 2.11. The van der Waals surface area contributed by atoms with E-state index in [1.165, 1.54) is 0 Å². The molecule has 0 unspecified atom stereocenters. The van der Waals surface area contributed by atoms with E-state index in [1.54, 1.807) is 12.3 Å². The van der Waals surface area contributed by atoms with Crippen LogP contribution in [0.3, 0.4) is 0 Å². The van der Waals surface area contributed by atoms with Gasteiger partial charge in [0, 0.05) is 24.7 Å². The third-order valence-electron chi connectivity index (χ3n) is 2.51. The third kappa shape index (κ3) is 2.47. The second kappa shape index (κ2) is 4.84. The van der Waals surface area contributed by atoms with Crippen molar-refractivity contribution in [1.29, 1.82) is 0 Å². The van der Waals surface area contributed by atoms with E-state index >= 15 is 0 Å². The number of aromatic nitrogens is 4. The molecule has 0 spiro atoms. The van der Waals surface area contributed by atoms with Crippen molar-refractivity contribution in [2.75, 3.05) is 0 Å². The molecule has 0 atom stereocenters. The summed E-state index contributed by atoms with van der Waals surface area (Å²) in [5.41, 5.74) is 1.80. The SMILES string of the molecule is CCn1nccc1-c1cc(Cl)nc(C(C)C)n1. The molecule has 0 N–H and O–H groups in total. The lowest BCUT2D eigenvalue weighted by molar-refractivity contribution is 0.664. The summed E-state index contributed by atoms with van der Waals surface area (Å²) in [6, 6.07) is 3.71. The van der Waals surface area contributed by atoms with E-state index in [9.17, 15) is 0 Å². The van der Waals surface area contributed by atoms with Crippen LogP contribution >= 0.6 is 11.6 Å². The molecule has 0 aliphatic heterocycles. The Bertz CT molecular complexity index is 519. The molecule has 2 rings (SSSR count). The van der Waals surface area contributed by atoms with Crippen molar-refractivity contribution in [3.8, 4) is 11.4 Å². The van der Waals surface area contributed by atoms with Crippen molar-refractivity contribution in [2.24, 2.45) is 0 Å². The predicted molar refractivity (Wildman–Crippen MR) is 68.0 cm³/mol. The average Bonchev–Trinajstić information content (AvgIpc) is 2.76. The molecule has 2 heterocycles. The van der Waals surface area contributed by atoms with E-state index in [0.717, 1.165) is 23.8 Å². The number of nitrogens with zero attached hydrogens (tertiary/aromatic N) is 4. The summed E-state index contributed by atoms with van der Waals surface area (Å²) in [4.78, 5) is 8.75. The molecule has 0 fully saturated rings. The minimum Gasteiger partial charge on any atom is -0.264 e. The Morgan fingerprint density at radius 3 is 2.76 bits per heavy atom. The van der Waals surface area contributed by atoms with Crippen LogP contribution in [-0.2, 0) is 6.54 Å². The molecule has 0 aromatic carbocycles. The zero-order chi connectivity index (χ0) is 12.4. The van der Waals surface area contributed by atoms with Gasteiger partial charge in [-0.3, -0.25) is 4.68 Å². The van der Waals surface area contributed by atoms with Gasteiger partial charge in [-0.05, 0) is 13.0 Å². The summed E-state index contributed by atoms with van der Waals surface area (Å²) in [7, 11) is 0. The maximum absolute atomic E-state index is 6.03. The maximum atomic E-state index is 6.03. The minimum atomic E-state index is 0.255. The van der Waals surface area contributed by atoms with Gasteiger partial charge in [-0.2, -0.15) is 5.10 Å². The first-order valence-corrected chi connectivity index (χ1v) is 6.06. The fourth-order valence-electron chi connectivity index (χ4n) is 1.63. The van der Waals surface area contributed by atoms with Crippen molar-refractivity contribution in [3.63, 3.8) is 0 Å². The summed E-state index contributed by atoms with van der Waals surface area (Å²) >= 11 is 6.03. The van der Waals surface area contributed by atoms with E-state index in [2.05, 4.69) is 15.1 Å². The first-order valence-electron chi connectivity index (χ1n) is 5.68. The van der Waals surface area contributed by atoms with Crippen molar-refractivity contribution < 1.29 is 0 Å². The third-order valence-corrected chi connectivity index (χ3v) is 2.70. The van der Waals surface area contributed by atoms with E-state index < -0.39 is 0 Å². The summed E-state index contributed by atoms with van der Waals surface area (Å²) in [5.74, 6) is 1.02. The lowest BCUT2D eigenvalue weighted by Crippen LogP contribution is -2.03. The molecule has 4 nitrogen and oxygen atoms in total. The van der Waals surface area contributed by atoms with Gasteiger partial charge in [0.2, 0.25) is 0 Å². The molecule has 90 valence electrons. The smallest absolute Gasteiger partial charge is 0.133 e. The Labute approximate surface area is 106 Å². The summed E-state index contributed by atoms with van der Waals surface area (Å²) in [6.45, 7) is 6.95. The molecule has 0 saturated carbocycles. The van der Waals surface area contributed by atoms with Gasteiger partial charge in [0.25, 0.3) is 0 Å². The van der Waals surface area contributed by atoms with Gasteiger partial charge in [-0.15, -0.1) is 0 Å². The first kappa shape index (κ1) is 12.0. The average molecular weight is 251 g/mol. The van der Waals surface area contributed by atoms with Crippen molar-refractivity contribution in [2.45, 2.75) is 33.2 Å². The van der Waals surface area contributed by atoms with Crippen LogP contribution in [-0.4, -0.2) is 19.7 Å². The Kier molecular flexibility index (Phi) is 3.43. The highest BCUT2D eigenvalue weighted by Crippen LogP contribution is 2.22. The predicted octanol–water partition coefficient (Wildman–Crippen LogP) is 3.14. The van der Waals surface area contributed by atoms with Gasteiger partial charge in [0.1, 0.15) is 11.0 Å². The zero-order valence-electron chi connectivity index (χ0n) is 10.2. The monoisotopic (exact) mass is 250 g/mol. The number of hydrogen-bond donors (Lipinski definition) is 0. The lowest BCUT2D eigenvalue weighted by Gasteiger charge is -2.08. The van der Waals surface area contributed by atoms with Crippen LogP contribution in [0.15, 0.2) is 18.3 Å². The Morgan fingerprint density at radius 1 is 1.35 bits per heavy atom. The highest BCUT2D eigenvalue weighted by molar-refractivity contribution is 6.29. The van der Waals surface area contributed by atoms with Gasteiger partial charge in [0.15, 0.2) is 0 Å². The quantitative estimate of drug-likeness (QED) is 0.786. The Morgan fingerprint density at radius 2 is 2.12 bits per heavy atom. The van der Waals surface area contributed by atoms with Crippen molar-refractivity contribution in [3.05, 3.63) is 29.3 Å². The molecule has 0 aliphatic carbocycles. The van der Waals surface area contributed by atoms with Crippen molar-refractivity contribution in [1.82, 2.24) is 19.7 Å². The largest absolute Gasteiger partial charge is 0.264 e. The fraction of sp³-hybridized carbons (Fsp3) is 0.417. The van der Waals surface area contributed by atoms with Crippen LogP contribution in [0.25, 0.3) is 11.4 Å². The standard InChI is InChI=1S/C12H15ClN4/c1-4-17-10(5-6-14-17)9-7-11(13)16-12(15-9)8(2)3/h5-8H,4H2,1-3H3. The molecule has 0 saturated heterocycles. The van der Waals surface area contributed by atoms with E-state index in [0.29, 0.717) is 5.15 Å².